The third-order valence-electron chi connectivity index (χ3n) is 3.10. The van der Waals surface area contributed by atoms with Crippen LogP contribution < -0.4 is 10.6 Å². The molecule has 1 aliphatic heterocycles. The van der Waals surface area contributed by atoms with Gasteiger partial charge in [0.1, 0.15) is 6.61 Å². The number of hydrogen-bond acceptors (Lipinski definition) is 5. The van der Waals surface area contributed by atoms with Gasteiger partial charge >= 0.3 is 0 Å². The fraction of sp³-hybridized carbons (Fsp3) is 0.818. The van der Waals surface area contributed by atoms with Crippen molar-refractivity contribution in [3.63, 3.8) is 0 Å². The van der Waals surface area contributed by atoms with Crippen LogP contribution in [0, 0.1) is 5.92 Å². The summed E-state index contributed by atoms with van der Waals surface area (Å²) in [6.07, 6.45) is 2.38. The first kappa shape index (κ1) is 12.3. The Morgan fingerprint density at radius 3 is 3.24 bits per heavy atom. The second-order valence-corrected chi connectivity index (χ2v) is 4.41. The van der Waals surface area contributed by atoms with Crippen molar-refractivity contribution in [1.29, 1.82) is 0 Å². The molecule has 0 radical (unpaired) electrons. The molecule has 3 N–H and O–H groups in total. The lowest BCUT2D eigenvalue weighted by Gasteiger charge is -2.31. The molecule has 6 heteroatoms. The van der Waals surface area contributed by atoms with E-state index in [9.17, 15) is 0 Å². The molecule has 2 rings (SSSR count). The number of piperidine rings is 1. The zero-order valence-corrected chi connectivity index (χ0v) is 10.4. The number of ether oxygens (including phenoxy) is 1. The zero-order valence-electron chi connectivity index (χ0n) is 10.4. The van der Waals surface area contributed by atoms with Crippen LogP contribution in [0.3, 0.4) is 0 Å². The second kappa shape index (κ2) is 5.97. The van der Waals surface area contributed by atoms with Gasteiger partial charge in [-0.05, 0) is 32.2 Å². The lowest BCUT2D eigenvalue weighted by Crippen LogP contribution is -2.39. The average molecular weight is 239 g/mol. The van der Waals surface area contributed by atoms with Gasteiger partial charge in [-0.2, -0.15) is 4.98 Å². The van der Waals surface area contributed by atoms with Crippen LogP contribution in [0.4, 0.5) is 5.95 Å². The molecule has 1 aromatic heterocycles. The summed E-state index contributed by atoms with van der Waals surface area (Å²) in [6, 6.07) is 0. The van der Waals surface area contributed by atoms with Crippen molar-refractivity contribution in [2.45, 2.75) is 26.4 Å². The van der Waals surface area contributed by atoms with E-state index in [1.54, 1.807) is 0 Å². The molecule has 0 aromatic carbocycles. The van der Waals surface area contributed by atoms with E-state index < -0.39 is 0 Å². The minimum Gasteiger partial charge on any atom is -0.374 e. The molecule has 6 nitrogen and oxygen atoms in total. The van der Waals surface area contributed by atoms with Crippen molar-refractivity contribution in [1.82, 2.24) is 15.2 Å². The summed E-state index contributed by atoms with van der Waals surface area (Å²) in [5.74, 6) is 2.13. The Morgan fingerprint density at radius 1 is 1.59 bits per heavy atom. The number of nitrogens with one attached hydrogen (secondary N) is 1. The molecule has 0 bridgehead atoms. The summed E-state index contributed by atoms with van der Waals surface area (Å²) < 4.78 is 5.29. The van der Waals surface area contributed by atoms with Crippen LogP contribution in [-0.4, -0.2) is 41.4 Å². The van der Waals surface area contributed by atoms with E-state index in [0.29, 0.717) is 19.1 Å². The molecule has 1 atom stereocenters. The Morgan fingerprint density at radius 2 is 2.47 bits per heavy atom. The normalized spacial score (nSPS) is 20.8. The topological polar surface area (TPSA) is 80.1 Å². The van der Waals surface area contributed by atoms with Crippen LogP contribution in [0.2, 0.25) is 0 Å². The summed E-state index contributed by atoms with van der Waals surface area (Å²) in [6.45, 7) is 5.87. The Balaban J connectivity index is 1.94. The molecule has 0 amide bonds. The Bertz CT molecular complexity index is 340. The van der Waals surface area contributed by atoms with E-state index in [4.69, 9.17) is 10.5 Å². The number of hydrogen-bond donors (Lipinski definition) is 2. The van der Waals surface area contributed by atoms with Crippen LogP contribution >= 0.6 is 0 Å². The highest BCUT2D eigenvalue weighted by Gasteiger charge is 2.21. The van der Waals surface area contributed by atoms with Gasteiger partial charge in [0, 0.05) is 19.7 Å². The van der Waals surface area contributed by atoms with Crippen LogP contribution in [0.15, 0.2) is 0 Å². The highest BCUT2D eigenvalue weighted by atomic mass is 16.5. The van der Waals surface area contributed by atoms with Crippen molar-refractivity contribution in [3.05, 3.63) is 5.82 Å². The molecule has 0 aliphatic carbocycles. The van der Waals surface area contributed by atoms with Gasteiger partial charge in [-0.3, -0.25) is 5.10 Å². The maximum atomic E-state index is 5.72. The molecule has 17 heavy (non-hydrogen) atoms. The minimum absolute atomic E-state index is 0.498. The lowest BCUT2D eigenvalue weighted by atomic mass is 9.99. The molecule has 0 spiro atoms. The smallest absolute Gasteiger partial charge is 0.244 e. The number of aromatic nitrogens is 3. The maximum Gasteiger partial charge on any atom is 0.244 e. The fourth-order valence-electron chi connectivity index (χ4n) is 2.13. The standard InChI is InChI=1S/C11H21N5O/c1-2-17-8-10-13-11(15-14-10)16-5-3-4-9(6-12)7-16/h9H,2-8,12H2,1H3,(H,13,14,15). The molecule has 96 valence electrons. The summed E-state index contributed by atoms with van der Waals surface area (Å²) >= 11 is 0. The molecule has 1 aliphatic rings. The monoisotopic (exact) mass is 239 g/mol. The van der Waals surface area contributed by atoms with Gasteiger partial charge in [0.2, 0.25) is 5.95 Å². The molecule has 1 saturated heterocycles. The summed E-state index contributed by atoms with van der Waals surface area (Å²) in [5.41, 5.74) is 5.72. The highest BCUT2D eigenvalue weighted by Crippen LogP contribution is 2.19. The van der Waals surface area contributed by atoms with E-state index in [0.717, 1.165) is 37.8 Å². The summed E-state index contributed by atoms with van der Waals surface area (Å²) in [7, 11) is 0. The zero-order chi connectivity index (χ0) is 12.1. The minimum atomic E-state index is 0.498. The number of anilines is 1. The van der Waals surface area contributed by atoms with Crippen LogP contribution in [0.1, 0.15) is 25.6 Å². The molecule has 1 fully saturated rings. The third-order valence-corrected chi connectivity index (χ3v) is 3.10. The summed E-state index contributed by atoms with van der Waals surface area (Å²) in [5, 5.41) is 7.14. The molecule has 1 unspecified atom stereocenters. The number of nitrogens with two attached hydrogens (primary N) is 1. The third kappa shape index (κ3) is 3.17. The van der Waals surface area contributed by atoms with E-state index in [-0.39, 0.29) is 0 Å². The van der Waals surface area contributed by atoms with E-state index in [1.165, 1.54) is 6.42 Å². The fourth-order valence-corrected chi connectivity index (χ4v) is 2.13. The number of H-pyrrole nitrogens is 1. The van der Waals surface area contributed by atoms with Crippen LogP contribution in [-0.2, 0) is 11.3 Å². The van der Waals surface area contributed by atoms with Crippen molar-refractivity contribution >= 4 is 5.95 Å². The second-order valence-electron chi connectivity index (χ2n) is 4.41. The van der Waals surface area contributed by atoms with Gasteiger partial charge in [-0.1, -0.05) is 0 Å². The Hall–Kier alpha value is -1.14. The summed E-state index contributed by atoms with van der Waals surface area (Å²) in [4.78, 5) is 6.63. The predicted octanol–water partition coefficient (Wildman–Crippen LogP) is 0.516. The van der Waals surface area contributed by atoms with Crippen molar-refractivity contribution in [3.8, 4) is 0 Å². The van der Waals surface area contributed by atoms with Gasteiger partial charge in [0.25, 0.3) is 0 Å². The first-order valence-corrected chi connectivity index (χ1v) is 6.27. The molecule has 0 saturated carbocycles. The lowest BCUT2D eigenvalue weighted by molar-refractivity contribution is 0.128. The highest BCUT2D eigenvalue weighted by molar-refractivity contribution is 5.29. The maximum absolute atomic E-state index is 5.72. The number of aromatic amines is 1. The average Bonchev–Trinajstić information content (AvgIpc) is 2.85. The van der Waals surface area contributed by atoms with Crippen LogP contribution in [0.25, 0.3) is 0 Å². The van der Waals surface area contributed by atoms with Gasteiger partial charge in [-0.15, -0.1) is 5.10 Å². The Kier molecular flexibility index (Phi) is 4.33. The molecular weight excluding hydrogens is 218 g/mol. The first-order valence-electron chi connectivity index (χ1n) is 6.27. The van der Waals surface area contributed by atoms with Crippen LogP contribution in [0.5, 0.6) is 0 Å². The van der Waals surface area contributed by atoms with E-state index in [2.05, 4.69) is 20.1 Å². The molecular formula is C11H21N5O. The van der Waals surface area contributed by atoms with E-state index in [1.807, 2.05) is 6.92 Å². The molecule has 2 heterocycles. The largest absolute Gasteiger partial charge is 0.374 e. The van der Waals surface area contributed by atoms with Crippen molar-refractivity contribution < 1.29 is 4.74 Å². The van der Waals surface area contributed by atoms with Gasteiger partial charge in [0.15, 0.2) is 5.82 Å². The predicted molar refractivity (Wildman–Crippen MR) is 65.7 cm³/mol. The van der Waals surface area contributed by atoms with Crippen molar-refractivity contribution in [2.75, 3.05) is 31.1 Å². The number of rotatable bonds is 5. The van der Waals surface area contributed by atoms with Gasteiger partial charge < -0.3 is 15.4 Å². The SMILES string of the molecule is CCOCc1nc(N2CCCC(CN)C2)n[nH]1. The number of nitrogens with zero attached hydrogens (tertiary/aromatic N) is 3. The quantitative estimate of drug-likeness (QED) is 0.783. The molecule has 1 aromatic rings. The van der Waals surface area contributed by atoms with E-state index >= 15 is 0 Å². The van der Waals surface area contributed by atoms with Crippen molar-refractivity contribution in [2.24, 2.45) is 11.7 Å². The van der Waals surface area contributed by atoms with Gasteiger partial charge in [-0.25, -0.2) is 0 Å². The Labute approximate surface area is 102 Å². The van der Waals surface area contributed by atoms with Gasteiger partial charge in [0.05, 0.1) is 0 Å². The first-order chi connectivity index (χ1) is 8.33.